The van der Waals surface area contributed by atoms with Crippen molar-refractivity contribution in [2.75, 3.05) is 14.1 Å². The molecule has 0 amide bonds. The summed E-state index contributed by atoms with van der Waals surface area (Å²) in [5, 5.41) is 4.34. The first-order valence-electron chi connectivity index (χ1n) is 5.64. The number of Topliss-reactive ketones (excluding diaryl/α,β-unsaturated/α-hetero) is 1. The van der Waals surface area contributed by atoms with Gasteiger partial charge in [0.25, 0.3) is 0 Å². The fraction of sp³-hybridized carbons (Fsp3) is 0.417. The summed E-state index contributed by atoms with van der Waals surface area (Å²) in [5.41, 5.74) is 1.30. The molecule has 2 rings (SSSR count). The summed E-state index contributed by atoms with van der Waals surface area (Å²) in [7, 11) is 3.92. The second kappa shape index (κ2) is 4.63. The van der Waals surface area contributed by atoms with Gasteiger partial charge < -0.3 is 4.90 Å². The third-order valence-electron chi connectivity index (χ3n) is 2.49. The first kappa shape index (κ1) is 11.7. The Morgan fingerprint density at radius 3 is 2.88 bits per heavy atom. The van der Waals surface area contributed by atoms with Gasteiger partial charge in [-0.05, 0) is 26.2 Å². The lowest BCUT2D eigenvalue weighted by Crippen LogP contribution is -2.11. The van der Waals surface area contributed by atoms with Gasteiger partial charge in [-0.25, -0.2) is 9.50 Å². The monoisotopic (exact) mass is 232 g/mol. The molecular formula is C12H16N4O. The normalized spacial score (nSPS) is 11.3. The number of nitrogens with zero attached hydrogens (tertiary/aromatic N) is 4. The molecule has 2 aromatic heterocycles. The highest BCUT2D eigenvalue weighted by Crippen LogP contribution is 2.11. The first-order chi connectivity index (χ1) is 8.11. The van der Waals surface area contributed by atoms with Gasteiger partial charge in [-0.3, -0.25) is 4.79 Å². The van der Waals surface area contributed by atoms with E-state index < -0.39 is 0 Å². The van der Waals surface area contributed by atoms with E-state index >= 15 is 0 Å². The number of hydrogen-bond donors (Lipinski definition) is 0. The van der Waals surface area contributed by atoms with Crippen molar-refractivity contribution in [1.29, 1.82) is 0 Å². The van der Waals surface area contributed by atoms with Gasteiger partial charge in [0, 0.05) is 12.6 Å². The standard InChI is InChI=1S/C12H16N4O/c1-4-10(17)9-6-5-7-16-12(9)13-11(14-16)8-15(2)3/h5-7H,4,8H2,1-3H3. The van der Waals surface area contributed by atoms with Crippen molar-refractivity contribution in [3.63, 3.8) is 0 Å². The highest BCUT2D eigenvalue weighted by molar-refractivity contribution is 6.01. The molecule has 0 bridgehead atoms. The van der Waals surface area contributed by atoms with Crippen LogP contribution in [0.3, 0.4) is 0 Å². The zero-order chi connectivity index (χ0) is 12.4. The van der Waals surface area contributed by atoms with Crippen LogP contribution >= 0.6 is 0 Å². The number of ketones is 1. The Morgan fingerprint density at radius 2 is 2.24 bits per heavy atom. The number of hydrogen-bond acceptors (Lipinski definition) is 4. The minimum atomic E-state index is 0.0967. The van der Waals surface area contributed by atoms with Crippen LogP contribution in [0.25, 0.3) is 5.65 Å². The molecule has 0 saturated heterocycles. The van der Waals surface area contributed by atoms with Crippen molar-refractivity contribution >= 4 is 11.4 Å². The maximum Gasteiger partial charge on any atom is 0.166 e. The summed E-state index contributed by atoms with van der Waals surface area (Å²) in [5.74, 6) is 0.825. The Balaban J connectivity index is 2.49. The van der Waals surface area contributed by atoms with Crippen LogP contribution < -0.4 is 0 Å². The molecule has 0 aliphatic heterocycles. The van der Waals surface area contributed by atoms with E-state index in [1.807, 2.05) is 38.2 Å². The third-order valence-corrected chi connectivity index (χ3v) is 2.49. The van der Waals surface area contributed by atoms with Gasteiger partial charge >= 0.3 is 0 Å². The van der Waals surface area contributed by atoms with Crippen LogP contribution in [0.1, 0.15) is 29.5 Å². The third kappa shape index (κ3) is 2.34. The van der Waals surface area contributed by atoms with E-state index in [2.05, 4.69) is 10.1 Å². The van der Waals surface area contributed by atoms with Crippen LogP contribution in [0.4, 0.5) is 0 Å². The quantitative estimate of drug-likeness (QED) is 0.747. The van der Waals surface area contributed by atoms with Crippen molar-refractivity contribution in [1.82, 2.24) is 19.5 Å². The van der Waals surface area contributed by atoms with E-state index in [0.29, 0.717) is 24.2 Å². The highest BCUT2D eigenvalue weighted by atomic mass is 16.1. The predicted molar refractivity (Wildman–Crippen MR) is 65.0 cm³/mol. The van der Waals surface area contributed by atoms with Crippen molar-refractivity contribution in [2.24, 2.45) is 0 Å². The Hall–Kier alpha value is -1.75. The van der Waals surface area contributed by atoms with E-state index in [4.69, 9.17) is 0 Å². The van der Waals surface area contributed by atoms with Gasteiger partial charge in [0.1, 0.15) is 0 Å². The summed E-state index contributed by atoms with van der Waals surface area (Å²) >= 11 is 0. The lowest BCUT2D eigenvalue weighted by molar-refractivity contribution is 0.0989. The van der Waals surface area contributed by atoms with Gasteiger partial charge in [-0.2, -0.15) is 0 Å². The van der Waals surface area contributed by atoms with Crippen molar-refractivity contribution in [2.45, 2.75) is 19.9 Å². The maximum absolute atomic E-state index is 11.8. The van der Waals surface area contributed by atoms with Gasteiger partial charge in [-0.15, -0.1) is 5.10 Å². The van der Waals surface area contributed by atoms with Crippen LogP contribution in [-0.2, 0) is 6.54 Å². The SMILES string of the molecule is CCC(=O)c1cccn2nc(CN(C)C)nc12. The number of carbonyl (C=O) groups excluding carboxylic acids is 1. The molecule has 0 saturated carbocycles. The summed E-state index contributed by atoms with van der Waals surface area (Å²) in [4.78, 5) is 18.2. The first-order valence-corrected chi connectivity index (χ1v) is 5.64. The molecule has 0 atom stereocenters. The second-order valence-corrected chi connectivity index (χ2v) is 4.23. The molecule has 0 aliphatic rings. The van der Waals surface area contributed by atoms with E-state index in [1.165, 1.54) is 0 Å². The van der Waals surface area contributed by atoms with Gasteiger partial charge in [0.2, 0.25) is 0 Å². The fourth-order valence-electron chi connectivity index (χ4n) is 1.71. The second-order valence-electron chi connectivity index (χ2n) is 4.23. The van der Waals surface area contributed by atoms with E-state index in [9.17, 15) is 4.79 Å². The minimum Gasteiger partial charge on any atom is -0.302 e. The number of pyridine rings is 1. The number of carbonyl (C=O) groups is 1. The van der Waals surface area contributed by atoms with Gasteiger partial charge in [0.15, 0.2) is 17.3 Å². The lowest BCUT2D eigenvalue weighted by atomic mass is 10.1. The number of fused-ring (bicyclic) bond motifs is 1. The van der Waals surface area contributed by atoms with Gasteiger partial charge in [-0.1, -0.05) is 6.92 Å². The zero-order valence-corrected chi connectivity index (χ0v) is 10.3. The van der Waals surface area contributed by atoms with E-state index in [1.54, 1.807) is 10.6 Å². The van der Waals surface area contributed by atoms with Crippen LogP contribution in [0, 0.1) is 0 Å². The Morgan fingerprint density at radius 1 is 1.47 bits per heavy atom. The van der Waals surface area contributed by atoms with Crippen molar-refractivity contribution in [3.05, 3.63) is 29.7 Å². The Bertz CT molecular complexity index is 544. The molecule has 0 aromatic carbocycles. The molecule has 2 aromatic rings. The fourth-order valence-corrected chi connectivity index (χ4v) is 1.71. The lowest BCUT2D eigenvalue weighted by Gasteiger charge is -2.03. The molecule has 2 heterocycles. The summed E-state index contributed by atoms with van der Waals surface area (Å²) in [6.45, 7) is 2.52. The molecular weight excluding hydrogens is 216 g/mol. The minimum absolute atomic E-state index is 0.0967. The molecule has 0 radical (unpaired) electrons. The Kier molecular flexibility index (Phi) is 3.19. The van der Waals surface area contributed by atoms with Crippen LogP contribution in [0.15, 0.2) is 18.3 Å². The maximum atomic E-state index is 11.8. The van der Waals surface area contributed by atoms with Crippen LogP contribution in [-0.4, -0.2) is 39.4 Å². The average molecular weight is 232 g/mol. The molecule has 5 heteroatoms. The topological polar surface area (TPSA) is 50.5 Å². The van der Waals surface area contributed by atoms with Crippen molar-refractivity contribution < 1.29 is 4.79 Å². The molecule has 5 nitrogen and oxygen atoms in total. The molecule has 0 spiro atoms. The smallest absolute Gasteiger partial charge is 0.166 e. The highest BCUT2D eigenvalue weighted by Gasteiger charge is 2.12. The van der Waals surface area contributed by atoms with Gasteiger partial charge in [0.05, 0.1) is 12.1 Å². The summed E-state index contributed by atoms with van der Waals surface area (Å²) in [6, 6.07) is 3.62. The van der Waals surface area contributed by atoms with Crippen LogP contribution in [0.5, 0.6) is 0 Å². The summed E-state index contributed by atoms with van der Waals surface area (Å²) < 4.78 is 1.67. The van der Waals surface area contributed by atoms with Crippen molar-refractivity contribution in [3.8, 4) is 0 Å². The zero-order valence-electron chi connectivity index (χ0n) is 10.3. The molecule has 0 unspecified atom stereocenters. The van der Waals surface area contributed by atoms with Crippen LogP contribution in [0.2, 0.25) is 0 Å². The molecule has 0 fully saturated rings. The molecule has 0 aliphatic carbocycles. The Labute approximate surface area is 100 Å². The average Bonchev–Trinajstić information content (AvgIpc) is 2.68. The predicted octanol–water partition coefficient (Wildman–Crippen LogP) is 1.38. The summed E-state index contributed by atoms with van der Waals surface area (Å²) in [6.07, 6.45) is 2.30. The number of rotatable bonds is 4. The van der Waals surface area contributed by atoms with E-state index in [0.717, 1.165) is 5.82 Å². The molecule has 0 N–H and O–H groups in total. The van der Waals surface area contributed by atoms with E-state index in [-0.39, 0.29) is 5.78 Å². The largest absolute Gasteiger partial charge is 0.302 e. The number of aromatic nitrogens is 3. The molecule has 17 heavy (non-hydrogen) atoms. The molecule has 90 valence electrons.